The molecule has 2 aromatic rings. The van der Waals surface area contributed by atoms with Crippen molar-refractivity contribution >= 4 is 32.4 Å². The summed E-state index contributed by atoms with van der Waals surface area (Å²) < 4.78 is 30.2. The zero-order valence-electron chi connectivity index (χ0n) is 11.4. The molecule has 0 saturated carbocycles. The molecular formula is C13H13N3O4S. The van der Waals surface area contributed by atoms with E-state index in [9.17, 15) is 13.2 Å². The Balaban J connectivity index is 2.53. The Morgan fingerprint density at radius 3 is 2.71 bits per heavy atom. The summed E-state index contributed by atoms with van der Waals surface area (Å²) in [6.45, 7) is 0. The van der Waals surface area contributed by atoms with Crippen molar-refractivity contribution in [3.8, 4) is 11.8 Å². The number of H-pyrrole nitrogens is 1. The van der Waals surface area contributed by atoms with E-state index in [0.717, 1.165) is 6.26 Å². The first-order valence-corrected chi connectivity index (χ1v) is 7.82. The van der Waals surface area contributed by atoms with E-state index in [4.69, 9.17) is 10.00 Å². The number of hydrogen-bond acceptors (Lipinski definition) is 5. The third-order valence-electron chi connectivity index (χ3n) is 2.78. The summed E-state index contributed by atoms with van der Waals surface area (Å²) in [7, 11) is -2.03. The molecule has 0 atom stereocenters. The number of ether oxygens (including phenoxy) is 1. The second-order valence-corrected chi connectivity index (χ2v) is 6.20. The minimum absolute atomic E-state index is 0.224. The highest BCUT2D eigenvalue weighted by Crippen LogP contribution is 2.31. The lowest BCUT2D eigenvalue weighted by Crippen LogP contribution is -2.10. The van der Waals surface area contributed by atoms with Gasteiger partial charge in [-0.25, -0.2) is 8.42 Å². The van der Waals surface area contributed by atoms with E-state index in [-0.39, 0.29) is 17.9 Å². The monoisotopic (exact) mass is 307 g/mol. The molecule has 0 aliphatic rings. The number of anilines is 1. The highest BCUT2D eigenvalue weighted by atomic mass is 32.2. The minimum atomic E-state index is -3.45. The SMILES string of the molecule is COc1cc2cc(C(=O)CC#N)[nH]c2cc1NS(C)(=O)=O. The third-order valence-corrected chi connectivity index (χ3v) is 3.37. The van der Waals surface area contributed by atoms with Gasteiger partial charge < -0.3 is 9.72 Å². The maximum Gasteiger partial charge on any atom is 0.229 e. The molecule has 2 rings (SSSR count). The molecule has 110 valence electrons. The molecule has 0 radical (unpaired) electrons. The molecule has 7 nitrogen and oxygen atoms in total. The average Bonchev–Trinajstić information content (AvgIpc) is 2.79. The number of hydrogen-bond donors (Lipinski definition) is 2. The number of sulfonamides is 1. The average molecular weight is 307 g/mol. The lowest BCUT2D eigenvalue weighted by molar-refractivity contribution is 0.0994. The van der Waals surface area contributed by atoms with E-state index in [1.807, 2.05) is 0 Å². The van der Waals surface area contributed by atoms with Crippen molar-refractivity contribution in [1.29, 1.82) is 5.26 Å². The molecule has 0 fully saturated rings. The molecule has 21 heavy (non-hydrogen) atoms. The molecule has 1 aromatic carbocycles. The van der Waals surface area contributed by atoms with Crippen LogP contribution in [0.2, 0.25) is 0 Å². The van der Waals surface area contributed by atoms with Gasteiger partial charge >= 0.3 is 0 Å². The normalized spacial score (nSPS) is 11.1. The number of fused-ring (bicyclic) bond motifs is 1. The first-order chi connectivity index (χ1) is 9.84. The second-order valence-electron chi connectivity index (χ2n) is 4.46. The van der Waals surface area contributed by atoms with E-state index in [2.05, 4.69) is 9.71 Å². The Morgan fingerprint density at radius 2 is 2.14 bits per heavy atom. The zero-order chi connectivity index (χ0) is 15.6. The summed E-state index contributed by atoms with van der Waals surface area (Å²) in [4.78, 5) is 14.6. The molecule has 0 spiro atoms. The first-order valence-electron chi connectivity index (χ1n) is 5.92. The fourth-order valence-corrected chi connectivity index (χ4v) is 2.48. The Kier molecular flexibility index (Phi) is 3.86. The maximum absolute atomic E-state index is 11.7. The number of ketones is 1. The molecular weight excluding hydrogens is 294 g/mol. The van der Waals surface area contributed by atoms with Crippen molar-refractivity contribution in [2.45, 2.75) is 6.42 Å². The van der Waals surface area contributed by atoms with Crippen LogP contribution in [-0.2, 0) is 10.0 Å². The summed E-state index contributed by atoms with van der Waals surface area (Å²) in [5.74, 6) is 0.0106. The van der Waals surface area contributed by atoms with Gasteiger partial charge in [-0.2, -0.15) is 5.26 Å². The predicted molar refractivity (Wildman–Crippen MR) is 77.9 cm³/mol. The van der Waals surface area contributed by atoms with Crippen molar-refractivity contribution in [2.75, 3.05) is 18.1 Å². The summed E-state index contributed by atoms with van der Waals surface area (Å²) in [6.07, 6.45) is 0.811. The van der Waals surface area contributed by atoms with Crippen LogP contribution in [0.1, 0.15) is 16.9 Å². The number of benzene rings is 1. The van der Waals surface area contributed by atoms with Crippen molar-refractivity contribution in [2.24, 2.45) is 0 Å². The molecule has 2 N–H and O–H groups in total. The number of nitriles is 1. The maximum atomic E-state index is 11.7. The molecule has 0 aliphatic heterocycles. The Bertz CT molecular complexity index is 846. The molecule has 0 aliphatic carbocycles. The molecule has 8 heteroatoms. The quantitative estimate of drug-likeness (QED) is 0.815. The third kappa shape index (κ3) is 3.32. The Morgan fingerprint density at radius 1 is 1.43 bits per heavy atom. The highest BCUT2D eigenvalue weighted by molar-refractivity contribution is 7.92. The van der Waals surface area contributed by atoms with E-state index < -0.39 is 10.0 Å². The van der Waals surface area contributed by atoms with Crippen molar-refractivity contribution in [3.05, 3.63) is 23.9 Å². The second kappa shape index (κ2) is 5.46. The number of carbonyl (C=O) groups is 1. The van der Waals surface area contributed by atoms with Crippen molar-refractivity contribution in [1.82, 2.24) is 4.98 Å². The number of nitrogens with one attached hydrogen (secondary N) is 2. The summed E-state index contributed by atoms with van der Waals surface area (Å²) in [6, 6.07) is 6.54. The van der Waals surface area contributed by atoms with Crippen molar-refractivity contribution < 1.29 is 17.9 Å². The van der Waals surface area contributed by atoms with E-state index in [1.165, 1.54) is 7.11 Å². The van der Waals surface area contributed by atoms with Gasteiger partial charge in [0.1, 0.15) is 12.2 Å². The van der Waals surface area contributed by atoms with E-state index >= 15 is 0 Å². The van der Waals surface area contributed by atoms with Gasteiger partial charge in [0.25, 0.3) is 0 Å². The van der Waals surface area contributed by atoms with Crippen LogP contribution in [0.25, 0.3) is 10.9 Å². The van der Waals surface area contributed by atoms with Gasteiger partial charge in [0.2, 0.25) is 10.0 Å². The Hall–Kier alpha value is -2.53. The van der Waals surface area contributed by atoms with E-state index in [0.29, 0.717) is 22.3 Å². The topological polar surface area (TPSA) is 112 Å². The fourth-order valence-electron chi connectivity index (χ4n) is 1.93. The smallest absolute Gasteiger partial charge is 0.229 e. The molecule has 0 amide bonds. The Labute approximate surface area is 121 Å². The minimum Gasteiger partial charge on any atom is -0.495 e. The molecule has 1 heterocycles. The van der Waals surface area contributed by atoms with Gasteiger partial charge in [-0.3, -0.25) is 9.52 Å². The molecule has 1 aromatic heterocycles. The lowest BCUT2D eigenvalue weighted by Gasteiger charge is -2.09. The predicted octanol–water partition coefficient (Wildman–Crippen LogP) is 1.64. The standard InChI is InChI=1S/C13H13N3O4S/c1-20-13-6-8-5-10(12(17)3-4-14)15-9(8)7-11(13)16-21(2,18)19/h5-7,15-16H,3H2,1-2H3. The van der Waals surface area contributed by atoms with Crippen LogP contribution in [0.15, 0.2) is 18.2 Å². The number of carbonyl (C=O) groups excluding carboxylic acids is 1. The van der Waals surface area contributed by atoms with Gasteiger partial charge in [0, 0.05) is 10.9 Å². The van der Waals surface area contributed by atoms with Crippen molar-refractivity contribution in [3.63, 3.8) is 0 Å². The van der Waals surface area contributed by atoms with Crippen LogP contribution in [-0.4, -0.2) is 32.6 Å². The van der Waals surface area contributed by atoms with Crippen LogP contribution in [0, 0.1) is 11.3 Å². The number of aromatic nitrogens is 1. The van der Waals surface area contributed by atoms with Crippen LogP contribution in [0.5, 0.6) is 5.75 Å². The molecule has 0 saturated heterocycles. The van der Waals surface area contributed by atoms with Crippen LogP contribution in [0.3, 0.4) is 0 Å². The summed E-state index contributed by atoms with van der Waals surface area (Å²) in [5, 5.41) is 9.23. The number of nitrogens with zero attached hydrogens (tertiary/aromatic N) is 1. The zero-order valence-corrected chi connectivity index (χ0v) is 12.2. The van der Waals surface area contributed by atoms with Crippen LogP contribution >= 0.6 is 0 Å². The summed E-state index contributed by atoms with van der Waals surface area (Å²) >= 11 is 0. The van der Waals surface area contributed by atoms with Gasteiger partial charge in [-0.15, -0.1) is 0 Å². The van der Waals surface area contributed by atoms with Crippen LogP contribution in [0.4, 0.5) is 5.69 Å². The number of aromatic amines is 1. The van der Waals surface area contributed by atoms with Gasteiger partial charge in [-0.1, -0.05) is 0 Å². The van der Waals surface area contributed by atoms with Gasteiger partial charge in [-0.05, 0) is 18.2 Å². The fraction of sp³-hybridized carbons (Fsp3) is 0.231. The molecule has 0 unspecified atom stereocenters. The van der Waals surface area contributed by atoms with Gasteiger partial charge in [0.05, 0.1) is 30.8 Å². The first kappa shape index (κ1) is 14.9. The number of methoxy groups -OCH3 is 1. The lowest BCUT2D eigenvalue weighted by atomic mass is 10.2. The number of Topliss-reactive ketones (excluding diaryl/α,β-unsaturated/α-hetero) is 1. The van der Waals surface area contributed by atoms with E-state index in [1.54, 1.807) is 24.3 Å². The largest absolute Gasteiger partial charge is 0.495 e. The summed E-state index contributed by atoms with van der Waals surface area (Å²) in [5.41, 5.74) is 1.14. The number of rotatable bonds is 5. The molecule has 0 bridgehead atoms. The van der Waals surface area contributed by atoms with Crippen LogP contribution < -0.4 is 9.46 Å². The highest BCUT2D eigenvalue weighted by Gasteiger charge is 2.14. The van der Waals surface area contributed by atoms with Gasteiger partial charge in [0.15, 0.2) is 5.78 Å².